The molecule has 0 spiro atoms. The number of benzene rings is 1. The van der Waals surface area contributed by atoms with Crippen LogP contribution in [0.2, 0.25) is 0 Å². The van der Waals surface area contributed by atoms with Crippen LogP contribution >= 0.6 is 0 Å². The smallest absolute Gasteiger partial charge is 0.339 e. The molecular weight excluding hydrogens is 298 g/mol. The van der Waals surface area contributed by atoms with Gasteiger partial charge in [0.25, 0.3) is 0 Å². The molecule has 7 nitrogen and oxygen atoms in total. The summed E-state index contributed by atoms with van der Waals surface area (Å²) in [5, 5.41) is 9.18. The maximum absolute atomic E-state index is 12.2. The lowest BCUT2D eigenvalue weighted by Crippen LogP contribution is -2.26. The van der Waals surface area contributed by atoms with Gasteiger partial charge in [-0.1, -0.05) is 0 Å². The minimum atomic E-state index is -3.78. The number of sulfonamides is 1. The highest BCUT2D eigenvalue weighted by Crippen LogP contribution is 2.34. The molecule has 8 heteroatoms. The quantitative estimate of drug-likeness (QED) is 0.781. The molecule has 0 radical (unpaired) electrons. The lowest BCUT2D eigenvalue weighted by molar-refractivity contribution is 0.0692. The molecule has 0 atom stereocenters. The zero-order valence-corrected chi connectivity index (χ0v) is 12.6. The summed E-state index contributed by atoms with van der Waals surface area (Å²) in [7, 11) is -1.17. The molecule has 0 aromatic heterocycles. The standard InChI is InChI=1S/C13H17NO6S/c1-19-11-6-9(5-10(13(15)16)12(11)20-2)21(17,18)14-7-8-3-4-8/h5-6,8,14H,3-4,7H2,1-2H3,(H,15,16). The minimum absolute atomic E-state index is 0.00820. The second kappa shape index (κ2) is 5.90. The van der Waals surface area contributed by atoms with Crippen LogP contribution in [0.15, 0.2) is 17.0 Å². The number of rotatable bonds is 7. The van der Waals surface area contributed by atoms with Gasteiger partial charge in [0, 0.05) is 12.6 Å². The highest BCUT2D eigenvalue weighted by atomic mass is 32.2. The van der Waals surface area contributed by atoms with Crippen molar-refractivity contribution in [1.29, 1.82) is 0 Å². The van der Waals surface area contributed by atoms with Crippen LogP contribution in [-0.2, 0) is 10.0 Å². The van der Waals surface area contributed by atoms with E-state index in [0.717, 1.165) is 18.9 Å². The van der Waals surface area contributed by atoms with Gasteiger partial charge in [0.15, 0.2) is 11.5 Å². The summed E-state index contributed by atoms with van der Waals surface area (Å²) >= 11 is 0. The summed E-state index contributed by atoms with van der Waals surface area (Å²) in [4.78, 5) is 11.1. The van der Waals surface area contributed by atoms with Gasteiger partial charge in [0.1, 0.15) is 5.56 Å². The fourth-order valence-corrected chi connectivity index (χ4v) is 3.04. The van der Waals surface area contributed by atoms with Crippen molar-refractivity contribution in [3.63, 3.8) is 0 Å². The fraction of sp³-hybridized carbons (Fsp3) is 0.462. The third-order valence-corrected chi connectivity index (χ3v) is 4.66. The molecule has 1 saturated carbocycles. The number of carboxylic acids is 1. The fourth-order valence-electron chi connectivity index (χ4n) is 1.89. The zero-order chi connectivity index (χ0) is 15.6. The molecule has 0 aliphatic heterocycles. The summed E-state index contributed by atoms with van der Waals surface area (Å²) in [6, 6.07) is 2.32. The van der Waals surface area contributed by atoms with E-state index in [-0.39, 0.29) is 22.0 Å². The van der Waals surface area contributed by atoms with Crippen LogP contribution in [0.4, 0.5) is 0 Å². The van der Waals surface area contributed by atoms with Gasteiger partial charge in [-0.05, 0) is 24.8 Å². The average molecular weight is 315 g/mol. The molecule has 2 rings (SSSR count). The van der Waals surface area contributed by atoms with Crippen molar-refractivity contribution < 1.29 is 27.8 Å². The van der Waals surface area contributed by atoms with Gasteiger partial charge in [-0.2, -0.15) is 0 Å². The first-order valence-electron chi connectivity index (χ1n) is 6.38. The van der Waals surface area contributed by atoms with E-state index < -0.39 is 16.0 Å². The summed E-state index contributed by atoms with van der Waals surface area (Å²) in [6.45, 7) is 0.360. The Morgan fingerprint density at radius 1 is 1.33 bits per heavy atom. The molecule has 1 aromatic rings. The van der Waals surface area contributed by atoms with Crippen LogP contribution in [-0.4, -0.2) is 40.3 Å². The van der Waals surface area contributed by atoms with Gasteiger partial charge >= 0.3 is 5.97 Å². The van der Waals surface area contributed by atoms with Crippen molar-refractivity contribution in [3.05, 3.63) is 17.7 Å². The molecule has 0 amide bonds. The topological polar surface area (TPSA) is 102 Å². The highest BCUT2D eigenvalue weighted by molar-refractivity contribution is 7.89. The number of methoxy groups -OCH3 is 2. The van der Waals surface area contributed by atoms with Crippen molar-refractivity contribution in [3.8, 4) is 11.5 Å². The predicted molar refractivity (Wildman–Crippen MR) is 74.4 cm³/mol. The first-order chi connectivity index (χ1) is 9.89. The number of ether oxygens (including phenoxy) is 2. The van der Waals surface area contributed by atoms with Crippen LogP contribution in [0.3, 0.4) is 0 Å². The maximum Gasteiger partial charge on any atom is 0.339 e. The number of nitrogens with one attached hydrogen (secondary N) is 1. The van der Waals surface area contributed by atoms with Gasteiger partial charge in [-0.25, -0.2) is 17.9 Å². The van der Waals surface area contributed by atoms with E-state index in [9.17, 15) is 18.3 Å². The van der Waals surface area contributed by atoms with Crippen LogP contribution < -0.4 is 14.2 Å². The van der Waals surface area contributed by atoms with Gasteiger partial charge in [-0.3, -0.25) is 0 Å². The van der Waals surface area contributed by atoms with Crippen LogP contribution in [0.25, 0.3) is 0 Å². The molecule has 0 bridgehead atoms. The normalized spacial score (nSPS) is 14.8. The number of aromatic carboxylic acids is 1. The van der Waals surface area contributed by atoms with E-state index in [1.54, 1.807) is 0 Å². The molecule has 0 unspecified atom stereocenters. The molecule has 1 aliphatic rings. The van der Waals surface area contributed by atoms with Crippen LogP contribution in [0, 0.1) is 5.92 Å². The van der Waals surface area contributed by atoms with Crippen molar-refractivity contribution >= 4 is 16.0 Å². The Kier molecular flexibility index (Phi) is 4.38. The monoisotopic (exact) mass is 315 g/mol. The Morgan fingerprint density at radius 3 is 2.48 bits per heavy atom. The van der Waals surface area contributed by atoms with Crippen molar-refractivity contribution in [2.45, 2.75) is 17.7 Å². The molecule has 21 heavy (non-hydrogen) atoms. The Hall–Kier alpha value is -1.80. The SMILES string of the molecule is COc1cc(S(=O)(=O)NCC2CC2)cc(C(=O)O)c1OC. The lowest BCUT2D eigenvalue weighted by Gasteiger charge is -2.13. The summed E-state index contributed by atoms with van der Waals surface area (Å²) in [6.07, 6.45) is 2.02. The van der Waals surface area contributed by atoms with Gasteiger partial charge < -0.3 is 14.6 Å². The van der Waals surface area contributed by atoms with Gasteiger partial charge in [0.2, 0.25) is 10.0 Å². The van der Waals surface area contributed by atoms with E-state index in [1.165, 1.54) is 20.3 Å². The Balaban J connectivity index is 2.42. The zero-order valence-electron chi connectivity index (χ0n) is 11.8. The van der Waals surface area contributed by atoms with E-state index in [2.05, 4.69) is 4.72 Å². The Labute approximate surface area is 122 Å². The van der Waals surface area contributed by atoms with Crippen molar-refractivity contribution in [2.24, 2.45) is 5.92 Å². The highest BCUT2D eigenvalue weighted by Gasteiger charge is 2.27. The van der Waals surface area contributed by atoms with E-state index in [1.807, 2.05) is 0 Å². The largest absolute Gasteiger partial charge is 0.493 e. The number of hydrogen-bond donors (Lipinski definition) is 2. The van der Waals surface area contributed by atoms with Gasteiger partial charge in [-0.15, -0.1) is 0 Å². The van der Waals surface area contributed by atoms with Crippen LogP contribution in [0.5, 0.6) is 11.5 Å². The molecule has 116 valence electrons. The van der Waals surface area contributed by atoms with Crippen molar-refractivity contribution in [1.82, 2.24) is 4.72 Å². The minimum Gasteiger partial charge on any atom is -0.493 e. The van der Waals surface area contributed by atoms with E-state index in [4.69, 9.17) is 9.47 Å². The first-order valence-corrected chi connectivity index (χ1v) is 7.86. The molecule has 1 aromatic carbocycles. The lowest BCUT2D eigenvalue weighted by atomic mass is 10.2. The third kappa shape index (κ3) is 3.45. The molecule has 1 aliphatic carbocycles. The van der Waals surface area contributed by atoms with E-state index in [0.29, 0.717) is 12.5 Å². The third-order valence-electron chi connectivity index (χ3n) is 3.25. The second-order valence-electron chi connectivity index (χ2n) is 4.81. The Bertz CT molecular complexity index is 651. The first kappa shape index (κ1) is 15.6. The predicted octanol–water partition coefficient (Wildman–Crippen LogP) is 1.09. The van der Waals surface area contributed by atoms with E-state index >= 15 is 0 Å². The second-order valence-corrected chi connectivity index (χ2v) is 6.57. The number of hydrogen-bond acceptors (Lipinski definition) is 5. The summed E-state index contributed by atoms with van der Waals surface area (Å²) in [5.74, 6) is -0.862. The Morgan fingerprint density at radius 2 is 2.00 bits per heavy atom. The van der Waals surface area contributed by atoms with Crippen molar-refractivity contribution in [2.75, 3.05) is 20.8 Å². The molecule has 0 heterocycles. The molecule has 0 saturated heterocycles. The summed E-state index contributed by atoms with van der Waals surface area (Å²) < 4.78 is 36.9. The molecule has 2 N–H and O–H groups in total. The van der Waals surface area contributed by atoms with Gasteiger partial charge in [0.05, 0.1) is 19.1 Å². The maximum atomic E-state index is 12.2. The van der Waals surface area contributed by atoms with Crippen LogP contribution in [0.1, 0.15) is 23.2 Å². The molecular formula is C13H17NO6S. The molecule has 1 fully saturated rings. The average Bonchev–Trinajstić information content (AvgIpc) is 3.27. The summed E-state index contributed by atoms with van der Waals surface area (Å²) in [5.41, 5.74) is -0.261. The number of carboxylic acid groups (broad SMARTS) is 1. The number of carbonyl (C=O) groups is 1.